The van der Waals surface area contributed by atoms with Gasteiger partial charge in [-0.05, 0) is 24.5 Å². The molecule has 0 bridgehead atoms. The van der Waals surface area contributed by atoms with Gasteiger partial charge in [0.05, 0.1) is 0 Å². The van der Waals surface area contributed by atoms with Crippen LogP contribution in [-0.2, 0) is 0 Å². The Morgan fingerprint density at radius 3 is 2.71 bits per heavy atom. The standard InChI is InChI=1S/C12H17NO/c1-9(2)6-7-12(14)10-4-3-5-11(13)8-10/h3-5,8-9H,6-7,13H2,1-2H3. The second-order valence-electron chi connectivity index (χ2n) is 3.98. The van der Waals surface area contributed by atoms with Gasteiger partial charge in [-0.3, -0.25) is 4.79 Å². The summed E-state index contributed by atoms with van der Waals surface area (Å²) in [6, 6.07) is 7.17. The van der Waals surface area contributed by atoms with E-state index in [1.165, 1.54) is 0 Å². The minimum atomic E-state index is 0.186. The van der Waals surface area contributed by atoms with Crippen molar-refractivity contribution in [1.29, 1.82) is 0 Å². The van der Waals surface area contributed by atoms with Gasteiger partial charge in [0.2, 0.25) is 0 Å². The average molecular weight is 191 g/mol. The Morgan fingerprint density at radius 1 is 1.43 bits per heavy atom. The van der Waals surface area contributed by atoms with E-state index in [0.717, 1.165) is 12.0 Å². The summed E-state index contributed by atoms with van der Waals surface area (Å²) in [5.74, 6) is 0.756. The second kappa shape index (κ2) is 4.80. The number of Topliss-reactive ketones (excluding diaryl/α,β-unsaturated/α-hetero) is 1. The number of ketones is 1. The summed E-state index contributed by atoms with van der Waals surface area (Å²) in [7, 11) is 0. The van der Waals surface area contributed by atoms with Gasteiger partial charge in [-0.1, -0.05) is 26.0 Å². The number of hydrogen-bond acceptors (Lipinski definition) is 2. The lowest BCUT2D eigenvalue weighted by Crippen LogP contribution is -2.01. The molecule has 0 aliphatic heterocycles. The topological polar surface area (TPSA) is 43.1 Å². The highest BCUT2D eigenvalue weighted by atomic mass is 16.1. The van der Waals surface area contributed by atoms with Crippen LogP contribution in [-0.4, -0.2) is 5.78 Å². The maximum absolute atomic E-state index is 11.6. The highest BCUT2D eigenvalue weighted by molar-refractivity contribution is 5.96. The first kappa shape index (κ1) is 10.8. The molecule has 1 aromatic carbocycles. The van der Waals surface area contributed by atoms with Gasteiger partial charge in [0, 0.05) is 17.7 Å². The van der Waals surface area contributed by atoms with E-state index < -0.39 is 0 Å². The molecule has 76 valence electrons. The minimum Gasteiger partial charge on any atom is -0.399 e. The second-order valence-corrected chi connectivity index (χ2v) is 3.98. The van der Waals surface area contributed by atoms with Gasteiger partial charge in [-0.2, -0.15) is 0 Å². The number of benzene rings is 1. The molecule has 2 heteroatoms. The van der Waals surface area contributed by atoms with Gasteiger partial charge in [-0.25, -0.2) is 0 Å². The van der Waals surface area contributed by atoms with Crippen molar-refractivity contribution in [3.05, 3.63) is 29.8 Å². The Morgan fingerprint density at radius 2 is 2.14 bits per heavy atom. The van der Waals surface area contributed by atoms with Gasteiger partial charge in [0.25, 0.3) is 0 Å². The molecule has 0 heterocycles. The van der Waals surface area contributed by atoms with Gasteiger partial charge in [0.1, 0.15) is 0 Å². The third-order valence-electron chi connectivity index (χ3n) is 2.16. The van der Waals surface area contributed by atoms with E-state index in [1.54, 1.807) is 12.1 Å². The van der Waals surface area contributed by atoms with Gasteiger partial charge in [0.15, 0.2) is 5.78 Å². The number of carbonyl (C=O) groups excluding carboxylic acids is 1. The van der Waals surface area contributed by atoms with Crippen molar-refractivity contribution >= 4 is 11.5 Å². The van der Waals surface area contributed by atoms with Crippen LogP contribution in [0.3, 0.4) is 0 Å². The summed E-state index contributed by atoms with van der Waals surface area (Å²) in [6.07, 6.45) is 1.55. The summed E-state index contributed by atoms with van der Waals surface area (Å²) in [5, 5.41) is 0. The number of nitrogens with two attached hydrogens (primary N) is 1. The van der Waals surface area contributed by atoms with Crippen LogP contribution in [0.4, 0.5) is 5.69 Å². The summed E-state index contributed by atoms with van der Waals surface area (Å²) >= 11 is 0. The molecular formula is C12H17NO. The molecule has 2 nitrogen and oxygen atoms in total. The van der Waals surface area contributed by atoms with E-state index >= 15 is 0 Å². The van der Waals surface area contributed by atoms with Crippen LogP contribution in [0.5, 0.6) is 0 Å². The van der Waals surface area contributed by atoms with Crippen LogP contribution >= 0.6 is 0 Å². The molecular weight excluding hydrogens is 174 g/mol. The monoisotopic (exact) mass is 191 g/mol. The first-order valence-corrected chi connectivity index (χ1v) is 4.98. The molecule has 0 fully saturated rings. The maximum atomic E-state index is 11.6. The fraction of sp³-hybridized carbons (Fsp3) is 0.417. The van der Waals surface area contributed by atoms with Crippen molar-refractivity contribution < 1.29 is 4.79 Å². The highest BCUT2D eigenvalue weighted by Crippen LogP contribution is 2.12. The van der Waals surface area contributed by atoms with Crippen LogP contribution in [0.15, 0.2) is 24.3 Å². The fourth-order valence-corrected chi connectivity index (χ4v) is 1.28. The molecule has 0 saturated heterocycles. The first-order valence-electron chi connectivity index (χ1n) is 4.98. The van der Waals surface area contributed by atoms with E-state index in [1.807, 2.05) is 12.1 Å². The zero-order chi connectivity index (χ0) is 10.6. The zero-order valence-electron chi connectivity index (χ0n) is 8.79. The van der Waals surface area contributed by atoms with Gasteiger partial charge < -0.3 is 5.73 Å². The van der Waals surface area contributed by atoms with Crippen molar-refractivity contribution in [3.63, 3.8) is 0 Å². The Labute approximate surface area is 85.1 Å². The molecule has 1 rings (SSSR count). The number of anilines is 1. The number of rotatable bonds is 4. The summed E-state index contributed by atoms with van der Waals surface area (Å²) in [5.41, 5.74) is 6.98. The normalized spacial score (nSPS) is 10.5. The van der Waals surface area contributed by atoms with E-state index in [0.29, 0.717) is 18.0 Å². The Bertz CT molecular complexity index is 318. The fourth-order valence-electron chi connectivity index (χ4n) is 1.28. The lowest BCUT2D eigenvalue weighted by molar-refractivity contribution is 0.0975. The van der Waals surface area contributed by atoms with Crippen molar-refractivity contribution in [2.24, 2.45) is 5.92 Å². The minimum absolute atomic E-state index is 0.186. The number of carbonyl (C=O) groups is 1. The Kier molecular flexibility index (Phi) is 3.69. The first-order chi connectivity index (χ1) is 6.59. The van der Waals surface area contributed by atoms with Crippen molar-refractivity contribution in [1.82, 2.24) is 0 Å². The van der Waals surface area contributed by atoms with E-state index in [9.17, 15) is 4.79 Å². The van der Waals surface area contributed by atoms with Crippen LogP contribution in [0.25, 0.3) is 0 Å². The average Bonchev–Trinajstić information content (AvgIpc) is 2.14. The molecule has 0 aliphatic rings. The molecule has 0 aromatic heterocycles. The molecule has 0 radical (unpaired) electrons. The number of hydrogen-bond donors (Lipinski definition) is 1. The summed E-state index contributed by atoms with van der Waals surface area (Å²) in [4.78, 5) is 11.6. The summed E-state index contributed by atoms with van der Waals surface area (Å²) in [6.45, 7) is 4.24. The SMILES string of the molecule is CC(C)CCC(=O)c1cccc(N)c1. The molecule has 14 heavy (non-hydrogen) atoms. The predicted molar refractivity (Wildman–Crippen MR) is 59.3 cm³/mol. The lowest BCUT2D eigenvalue weighted by Gasteiger charge is -2.04. The third-order valence-corrected chi connectivity index (χ3v) is 2.16. The van der Waals surface area contributed by atoms with Crippen LogP contribution in [0.1, 0.15) is 37.0 Å². The third kappa shape index (κ3) is 3.21. The maximum Gasteiger partial charge on any atom is 0.162 e. The lowest BCUT2D eigenvalue weighted by atomic mass is 10.0. The molecule has 0 atom stereocenters. The van der Waals surface area contributed by atoms with Crippen molar-refractivity contribution in [2.45, 2.75) is 26.7 Å². The summed E-state index contributed by atoms with van der Waals surface area (Å²) < 4.78 is 0. The molecule has 0 saturated carbocycles. The predicted octanol–water partition coefficient (Wildman–Crippen LogP) is 2.89. The number of nitrogen functional groups attached to an aromatic ring is 1. The Balaban J connectivity index is 2.61. The van der Waals surface area contributed by atoms with E-state index in [4.69, 9.17) is 5.73 Å². The van der Waals surface area contributed by atoms with Crippen molar-refractivity contribution in [3.8, 4) is 0 Å². The zero-order valence-corrected chi connectivity index (χ0v) is 8.79. The molecule has 2 N–H and O–H groups in total. The Hall–Kier alpha value is -1.31. The molecule has 0 unspecified atom stereocenters. The molecule has 0 aliphatic carbocycles. The van der Waals surface area contributed by atoms with Crippen molar-refractivity contribution in [2.75, 3.05) is 5.73 Å². The highest BCUT2D eigenvalue weighted by Gasteiger charge is 2.06. The van der Waals surface area contributed by atoms with Crippen LogP contribution in [0, 0.1) is 5.92 Å². The van der Waals surface area contributed by atoms with E-state index in [-0.39, 0.29) is 5.78 Å². The largest absolute Gasteiger partial charge is 0.399 e. The molecule has 0 amide bonds. The molecule has 0 spiro atoms. The van der Waals surface area contributed by atoms with Gasteiger partial charge >= 0.3 is 0 Å². The quantitative estimate of drug-likeness (QED) is 0.587. The van der Waals surface area contributed by atoms with E-state index in [2.05, 4.69) is 13.8 Å². The van der Waals surface area contributed by atoms with Crippen LogP contribution in [0.2, 0.25) is 0 Å². The molecule has 1 aromatic rings. The smallest absolute Gasteiger partial charge is 0.162 e. The van der Waals surface area contributed by atoms with Gasteiger partial charge in [-0.15, -0.1) is 0 Å². The van der Waals surface area contributed by atoms with Crippen LogP contribution < -0.4 is 5.73 Å².